The van der Waals surface area contributed by atoms with Crippen LogP contribution in [0.3, 0.4) is 0 Å². The smallest absolute Gasteiger partial charge is 0.462 e. The standard InChI is InChI=1S/C75H130O17P2/c1-5-9-13-17-21-25-29-32-34-37-41-44-48-52-56-60-73(78)86-66-71(92-75(80)62-58-54-50-46-42-38-35-33-30-26-22-18-14-10-6-2)68-90-94(83,84)88-64-69(76)63-87-93(81,82)89-67-70(91-74(79)61-57-53-49-45-39-28-24-20-16-12-8-4)65-85-72(77)59-55-51-47-43-40-36-31-27-23-19-15-11-7-3/h9-10,13-14,21-22,25-26,32-35,41-42,44,46,69-71,76H,5-8,11-12,15-20,23-24,27-31,36-40,43,45,47-68H2,1-4H3,(H,81,82)(H,83,84)/b13-9-,14-10-,25-21-,26-22-,34-32-,35-33-,44-41-,46-42-. The second-order valence-corrected chi connectivity index (χ2v) is 27.0. The summed E-state index contributed by atoms with van der Waals surface area (Å²) in [5, 5.41) is 10.6. The zero-order valence-electron chi connectivity index (χ0n) is 58.9. The van der Waals surface area contributed by atoms with Crippen molar-refractivity contribution in [2.45, 2.75) is 316 Å². The van der Waals surface area contributed by atoms with Crippen molar-refractivity contribution in [2.75, 3.05) is 39.6 Å². The quantitative estimate of drug-likeness (QED) is 0.0169. The fourth-order valence-corrected chi connectivity index (χ4v) is 11.1. The molecule has 542 valence electrons. The van der Waals surface area contributed by atoms with E-state index in [2.05, 4.69) is 125 Å². The Balaban J connectivity index is 5.39. The van der Waals surface area contributed by atoms with Gasteiger partial charge in [0.05, 0.1) is 26.4 Å². The highest BCUT2D eigenvalue weighted by Gasteiger charge is 2.30. The zero-order valence-corrected chi connectivity index (χ0v) is 60.7. The largest absolute Gasteiger partial charge is 0.472 e. The first kappa shape index (κ1) is 90.0. The van der Waals surface area contributed by atoms with Gasteiger partial charge in [0.15, 0.2) is 12.2 Å². The SMILES string of the molecule is CC/C=C\C/C=C\C/C=C\C/C=C\CCCCC(=O)OCC(COP(=O)(O)OCC(O)COP(=O)(O)OCC(COC(=O)CCCCCCCCCCCCCCC)OC(=O)CCCCCCCCCCCCC)OC(=O)CCCC/C=C\C/C=C\C/C=C\C/C=C\CC. The maximum atomic E-state index is 13.0. The lowest BCUT2D eigenvalue weighted by molar-refractivity contribution is -0.161. The Bertz CT molecular complexity index is 2170. The molecule has 0 aromatic heterocycles. The van der Waals surface area contributed by atoms with Crippen molar-refractivity contribution >= 4 is 39.5 Å². The van der Waals surface area contributed by atoms with Crippen molar-refractivity contribution in [2.24, 2.45) is 0 Å². The van der Waals surface area contributed by atoms with Gasteiger partial charge in [-0.2, -0.15) is 0 Å². The molecule has 3 N–H and O–H groups in total. The Hall–Kier alpha value is -4.02. The predicted molar refractivity (Wildman–Crippen MR) is 381 cm³/mol. The molecule has 0 aliphatic heterocycles. The van der Waals surface area contributed by atoms with Crippen LogP contribution in [0.15, 0.2) is 97.2 Å². The molecule has 0 aliphatic rings. The summed E-state index contributed by atoms with van der Waals surface area (Å²) in [6.07, 6.45) is 68.5. The number of hydrogen-bond donors (Lipinski definition) is 3. The fraction of sp³-hybridized carbons (Fsp3) is 0.733. The third-order valence-corrected chi connectivity index (χ3v) is 17.0. The molecule has 0 fully saturated rings. The van der Waals surface area contributed by atoms with E-state index in [1.165, 1.54) is 96.3 Å². The Kier molecular flexibility index (Phi) is 64.7. The number of ether oxygens (including phenoxy) is 4. The lowest BCUT2D eigenvalue weighted by Crippen LogP contribution is -2.30. The van der Waals surface area contributed by atoms with Crippen LogP contribution in [-0.2, 0) is 65.4 Å². The van der Waals surface area contributed by atoms with Crippen molar-refractivity contribution in [3.05, 3.63) is 97.2 Å². The second kappa shape index (κ2) is 67.5. The number of carbonyl (C=O) groups excluding carboxylic acids is 4. The van der Waals surface area contributed by atoms with E-state index in [0.29, 0.717) is 32.1 Å². The first-order chi connectivity index (χ1) is 45.7. The Morgan fingerprint density at radius 2 is 0.553 bits per heavy atom. The highest BCUT2D eigenvalue weighted by atomic mass is 31.2. The third kappa shape index (κ3) is 66.6. The van der Waals surface area contributed by atoms with E-state index in [1.807, 2.05) is 0 Å². The Morgan fingerprint density at radius 3 is 0.851 bits per heavy atom. The number of esters is 4. The van der Waals surface area contributed by atoms with Crippen molar-refractivity contribution in [1.29, 1.82) is 0 Å². The number of unbranched alkanes of at least 4 members (excludes halogenated alkanes) is 26. The number of allylic oxidation sites excluding steroid dienone is 16. The van der Waals surface area contributed by atoms with E-state index in [9.17, 15) is 43.2 Å². The summed E-state index contributed by atoms with van der Waals surface area (Å²) in [6, 6.07) is 0. The average molecular weight is 1370 g/mol. The van der Waals surface area contributed by atoms with Crippen molar-refractivity contribution < 1.29 is 80.2 Å². The molecule has 0 saturated heterocycles. The van der Waals surface area contributed by atoms with Crippen molar-refractivity contribution in [3.8, 4) is 0 Å². The van der Waals surface area contributed by atoms with Crippen LogP contribution >= 0.6 is 15.6 Å². The maximum absolute atomic E-state index is 13.0. The molecule has 0 saturated carbocycles. The molecular formula is C75H130O17P2. The van der Waals surface area contributed by atoms with Crippen LogP contribution in [0.5, 0.6) is 0 Å². The number of hydrogen-bond acceptors (Lipinski definition) is 15. The molecule has 5 atom stereocenters. The minimum absolute atomic E-state index is 0.0332. The average Bonchev–Trinajstić information content (AvgIpc) is 1.36. The molecule has 0 radical (unpaired) electrons. The minimum Gasteiger partial charge on any atom is -0.462 e. The molecule has 0 aliphatic carbocycles. The van der Waals surface area contributed by atoms with E-state index in [1.54, 1.807) is 0 Å². The van der Waals surface area contributed by atoms with Gasteiger partial charge in [0, 0.05) is 25.7 Å². The molecular weight excluding hydrogens is 1230 g/mol. The van der Waals surface area contributed by atoms with Gasteiger partial charge in [0.25, 0.3) is 0 Å². The van der Waals surface area contributed by atoms with E-state index < -0.39 is 97.5 Å². The van der Waals surface area contributed by atoms with Gasteiger partial charge in [-0.15, -0.1) is 0 Å². The summed E-state index contributed by atoms with van der Waals surface area (Å²) in [7, 11) is -9.96. The number of carbonyl (C=O) groups is 4. The summed E-state index contributed by atoms with van der Waals surface area (Å²) in [5.41, 5.74) is 0. The highest BCUT2D eigenvalue weighted by molar-refractivity contribution is 7.47. The van der Waals surface area contributed by atoms with Gasteiger partial charge >= 0.3 is 39.5 Å². The number of phosphoric ester groups is 2. The number of aliphatic hydroxyl groups is 1. The van der Waals surface area contributed by atoms with Gasteiger partial charge in [0.1, 0.15) is 19.3 Å². The first-order valence-electron chi connectivity index (χ1n) is 36.5. The molecule has 94 heavy (non-hydrogen) atoms. The maximum Gasteiger partial charge on any atom is 0.472 e. The van der Waals surface area contributed by atoms with Crippen LogP contribution in [0, 0.1) is 0 Å². The molecule has 5 unspecified atom stereocenters. The van der Waals surface area contributed by atoms with Crippen LogP contribution in [0.1, 0.15) is 297 Å². The summed E-state index contributed by atoms with van der Waals surface area (Å²) < 4.78 is 68.2. The van der Waals surface area contributed by atoms with Gasteiger partial charge in [0.2, 0.25) is 0 Å². The van der Waals surface area contributed by atoms with E-state index >= 15 is 0 Å². The summed E-state index contributed by atoms with van der Waals surface area (Å²) in [4.78, 5) is 72.6. The number of phosphoric acid groups is 2. The monoisotopic (exact) mass is 1360 g/mol. The summed E-state index contributed by atoms with van der Waals surface area (Å²) in [5.74, 6) is -2.26. The molecule has 19 heteroatoms. The van der Waals surface area contributed by atoms with Crippen LogP contribution in [0.25, 0.3) is 0 Å². The van der Waals surface area contributed by atoms with E-state index in [4.69, 9.17) is 37.0 Å². The van der Waals surface area contributed by atoms with Gasteiger partial charge in [-0.3, -0.25) is 37.3 Å². The molecule has 0 heterocycles. The zero-order chi connectivity index (χ0) is 69.0. The van der Waals surface area contributed by atoms with Gasteiger partial charge in [-0.25, -0.2) is 9.13 Å². The first-order valence-corrected chi connectivity index (χ1v) is 39.5. The van der Waals surface area contributed by atoms with Crippen molar-refractivity contribution in [3.63, 3.8) is 0 Å². The Morgan fingerprint density at radius 1 is 0.309 bits per heavy atom. The van der Waals surface area contributed by atoms with Crippen LogP contribution < -0.4 is 0 Å². The molecule has 0 rings (SSSR count). The van der Waals surface area contributed by atoms with E-state index in [-0.39, 0.29) is 25.7 Å². The second-order valence-electron chi connectivity index (χ2n) is 24.1. The number of aliphatic hydroxyl groups excluding tert-OH is 1. The lowest BCUT2D eigenvalue weighted by atomic mass is 10.0. The highest BCUT2D eigenvalue weighted by Crippen LogP contribution is 2.45. The predicted octanol–water partition coefficient (Wildman–Crippen LogP) is 20.4. The van der Waals surface area contributed by atoms with Crippen molar-refractivity contribution in [1.82, 2.24) is 0 Å². The normalized spacial score (nSPS) is 14.6. The van der Waals surface area contributed by atoms with E-state index in [0.717, 1.165) is 116 Å². The van der Waals surface area contributed by atoms with Crippen LogP contribution in [0.2, 0.25) is 0 Å². The van der Waals surface area contributed by atoms with Gasteiger partial charge < -0.3 is 33.8 Å². The topological polar surface area (TPSA) is 237 Å². The van der Waals surface area contributed by atoms with Crippen LogP contribution in [-0.4, -0.2) is 96.7 Å². The molecule has 0 aromatic carbocycles. The van der Waals surface area contributed by atoms with Gasteiger partial charge in [-0.1, -0.05) is 266 Å². The Labute approximate surface area is 569 Å². The summed E-state index contributed by atoms with van der Waals surface area (Å²) in [6.45, 7) is 4.55. The lowest BCUT2D eigenvalue weighted by Gasteiger charge is -2.21. The molecule has 17 nitrogen and oxygen atoms in total. The fourth-order valence-electron chi connectivity index (χ4n) is 9.55. The van der Waals surface area contributed by atoms with Crippen LogP contribution in [0.4, 0.5) is 0 Å². The third-order valence-electron chi connectivity index (χ3n) is 15.1. The summed E-state index contributed by atoms with van der Waals surface area (Å²) >= 11 is 0. The molecule has 0 amide bonds. The molecule has 0 spiro atoms. The molecule has 0 bridgehead atoms. The molecule has 0 aromatic rings. The van der Waals surface area contributed by atoms with Gasteiger partial charge in [-0.05, 0) is 103 Å². The minimum atomic E-state index is -4.99. The number of rotatable bonds is 68.